The van der Waals surface area contributed by atoms with Crippen molar-refractivity contribution in [3.63, 3.8) is 0 Å². The molecule has 7 heteroatoms. The molecule has 33 heavy (non-hydrogen) atoms. The summed E-state index contributed by atoms with van der Waals surface area (Å²) in [5, 5.41) is 14.3. The van der Waals surface area contributed by atoms with Crippen molar-refractivity contribution in [3.8, 4) is 0 Å². The molecule has 1 amide bonds. The van der Waals surface area contributed by atoms with Gasteiger partial charge in [0, 0.05) is 49.7 Å². The van der Waals surface area contributed by atoms with Crippen LogP contribution < -0.4 is 10.2 Å². The quantitative estimate of drug-likeness (QED) is 0.440. The van der Waals surface area contributed by atoms with E-state index in [-0.39, 0.29) is 16.5 Å². The number of nitrogens with zero attached hydrogens (tertiary/aromatic N) is 3. The van der Waals surface area contributed by atoms with Crippen molar-refractivity contribution in [2.75, 3.05) is 36.4 Å². The molecule has 1 heterocycles. The van der Waals surface area contributed by atoms with Crippen LogP contribution >= 0.6 is 0 Å². The molecular formula is C26H28N4O3. The lowest BCUT2D eigenvalue weighted by atomic mass is 10.0. The van der Waals surface area contributed by atoms with Crippen LogP contribution in [0.2, 0.25) is 0 Å². The van der Waals surface area contributed by atoms with Gasteiger partial charge in [-0.25, -0.2) is 0 Å². The van der Waals surface area contributed by atoms with Crippen LogP contribution in [0, 0.1) is 24.0 Å². The molecule has 1 atom stereocenters. The highest BCUT2D eigenvalue weighted by molar-refractivity contribution is 5.96. The van der Waals surface area contributed by atoms with Crippen molar-refractivity contribution in [3.05, 3.63) is 99.6 Å². The van der Waals surface area contributed by atoms with E-state index in [1.54, 1.807) is 12.1 Å². The minimum Gasteiger partial charge on any atom is -0.369 e. The van der Waals surface area contributed by atoms with Crippen LogP contribution in [0.25, 0.3) is 0 Å². The zero-order valence-corrected chi connectivity index (χ0v) is 18.9. The topological polar surface area (TPSA) is 78.7 Å². The highest BCUT2D eigenvalue weighted by atomic mass is 16.6. The molecule has 0 aromatic heterocycles. The number of amides is 1. The van der Waals surface area contributed by atoms with Crippen LogP contribution in [-0.4, -0.2) is 41.9 Å². The number of hydrogen-bond acceptors (Lipinski definition) is 5. The second kappa shape index (κ2) is 9.83. The average molecular weight is 445 g/mol. The molecule has 0 saturated carbocycles. The minimum absolute atomic E-state index is 0.0568. The Labute approximate surface area is 193 Å². The molecule has 0 bridgehead atoms. The number of nitrogens with one attached hydrogen (secondary N) is 1. The third-order valence-electron chi connectivity index (χ3n) is 6.10. The summed E-state index contributed by atoms with van der Waals surface area (Å²) < 4.78 is 0. The van der Waals surface area contributed by atoms with Crippen molar-refractivity contribution in [2.24, 2.45) is 0 Å². The van der Waals surface area contributed by atoms with E-state index in [4.69, 9.17) is 0 Å². The van der Waals surface area contributed by atoms with Gasteiger partial charge in [0.2, 0.25) is 5.91 Å². The number of hydrogen-bond donors (Lipinski definition) is 1. The molecule has 1 fully saturated rings. The summed E-state index contributed by atoms with van der Waals surface area (Å²) >= 11 is 0. The number of carbonyl (C=O) groups is 1. The van der Waals surface area contributed by atoms with E-state index in [1.807, 2.05) is 68.4 Å². The summed E-state index contributed by atoms with van der Waals surface area (Å²) in [6.07, 6.45) is 0. The maximum Gasteiger partial charge on any atom is 0.271 e. The number of benzene rings is 3. The number of carbonyl (C=O) groups excluding carboxylic acids is 1. The maximum atomic E-state index is 13.5. The van der Waals surface area contributed by atoms with Crippen LogP contribution in [0.3, 0.4) is 0 Å². The third-order valence-corrected chi connectivity index (χ3v) is 6.10. The smallest absolute Gasteiger partial charge is 0.271 e. The first-order valence-corrected chi connectivity index (χ1v) is 11.1. The maximum absolute atomic E-state index is 13.5. The lowest BCUT2D eigenvalue weighted by Crippen LogP contribution is -2.50. The van der Waals surface area contributed by atoms with Gasteiger partial charge in [0.15, 0.2) is 0 Å². The van der Waals surface area contributed by atoms with Crippen LogP contribution in [0.5, 0.6) is 0 Å². The van der Waals surface area contributed by atoms with Crippen molar-refractivity contribution in [2.45, 2.75) is 19.9 Å². The second-order valence-electron chi connectivity index (χ2n) is 8.42. The average Bonchev–Trinajstić information content (AvgIpc) is 2.83. The van der Waals surface area contributed by atoms with Gasteiger partial charge in [-0.2, -0.15) is 0 Å². The summed E-state index contributed by atoms with van der Waals surface area (Å²) in [4.78, 5) is 28.6. The Morgan fingerprint density at radius 2 is 1.67 bits per heavy atom. The molecular weight excluding hydrogens is 416 g/mol. The van der Waals surface area contributed by atoms with Gasteiger partial charge in [0.05, 0.1) is 4.92 Å². The Hall–Kier alpha value is -3.71. The highest BCUT2D eigenvalue weighted by Gasteiger charge is 2.31. The van der Waals surface area contributed by atoms with Crippen molar-refractivity contribution in [1.82, 2.24) is 4.90 Å². The Morgan fingerprint density at radius 3 is 2.36 bits per heavy atom. The Morgan fingerprint density at radius 1 is 0.939 bits per heavy atom. The molecule has 1 aliphatic rings. The van der Waals surface area contributed by atoms with Gasteiger partial charge in [0.25, 0.3) is 5.69 Å². The number of anilines is 2. The first-order valence-electron chi connectivity index (χ1n) is 11.1. The number of nitro benzene ring substituents is 1. The largest absolute Gasteiger partial charge is 0.369 e. The third kappa shape index (κ3) is 5.21. The van der Waals surface area contributed by atoms with Crippen molar-refractivity contribution < 1.29 is 9.72 Å². The van der Waals surface area contributed by atoms with Crippen molar-refractivity contribution >= 4 is 23.0 Å². The van der Waals surface area contributed by atoms with E-state index in [0.29, 0.717) is 26.2 Å². The van der Waals surface area contributed by atoms with Gasteiger partial charge < -0.3 is 10.2 Å². The Kier molecular flexibility index (Phi) is 6.70. The van der Waals surface area contributed by atoms with Gasteiger partial charge in [-0.05, 0) is 42.7 Å². The fourth-order valence-corrected chi connectivity index (χ4v) is 4.28. The van der Waals surface area contributed by atoms with Crippen LogP contribution in [0.4, 0.5) is 17.1 Å². The van der Waals surface area contributed by atoms with Crippen LogP contribution in [-0.2, 0) is 4.79 Å². The second-order valence-corrected chi connectivity index (χ2v) is 8.42. The summed E-state index contributed by atoms with van der Waals surface area (Å²) in [6.45, 7) is 6.70. The SMILES string of the molecule is Cc1ccc(C)c(NC(=O)C(c2ccccc2)N2CCN(c3cccc([N+](=O)[O-])c3)CC2)c1. The summed E-state index contributed by atoms with van der Waals surface area (Å²) in [5.41, 5.74) is 4.82. The lowest BCUT2D eigenvalue weighted by Gasteiger charge is -2.39. The highest BCUT2D eigenvalue weighted by Crippen LogP contribution is 2.28. The predicted molar refractivity (Wildman–Crippen MR) is 131 cm³/mol. The fraction of sp³-hybridized carbons (Fsp3) is 0.269. The van der Waals surface area contributed by atoms with E-state index in [0.717, 1.165) is 28.1 Å². The van der Waals surface area contributed by atoms with Gasteiger partial charge in [-0.3, -0.25) is 19.8 Å². The first-order chi connectivity index (χ1) is 15.9. The molecule has 4 rings (SSSR count). The first kappa shape index (κ1) is 22.5. The van der Waals surface area contributed by atoms with E-state index < -0.39 is 6.04 Å². The van der Waals surface area contributed by atoms with Gasteiger partial charge in [-0.15, -0.1) is 0 Å². The number of non-ortho nitro benzene ring substituents is 1. The summed E-state index contributed by atoms with van der Waals surface area (Å²) in [5.74, 6) is -0.0568. The van der Waals surface area contributed by atoms with Crippen molar-refractivity contribution in [1.29, 1.82) is 0 Å². The summed E-state index contributed by atoms with van der Waals surface area (Å²) in [7, 11) is 0. The predicted octanol–water partition coefficient (Wildman–Crippen LogP) is 4.71. The van der Waals surface area contributed by atoms with E-state index in [9.17, 15) is 14.9 Å². The molecule has 1 N–H and O–H groups in total. The van der Waals surface area contributed by atoms with E-state index in [1.165, 1.54) is 6.07 Å². The van der Waals surface area contributed by atoms with E-state index in [2.05, 4.69) is 15.1 Å². The molecule has 0 radical (unpaired) electrons. The zero-order chi connectivity index (χ0) is 23.4. The van der Waals surface area contributed by atoms with Crippen LogP contribution in [0.1, 0.15) is 22.7 Å². The molecule has 0 spiro atoms. The number of aryl methyl sites for hydroxylation is 2. The minimum atomic E-state index is -0.418. The number of nitro groups is 1. The molecule has 1 saturated heterocycles. The molecule has 7 nitrogen and oxygen atoms in total. The van der Waals surface area contributed by atoms with Gasteiger partial charge in [0.1, 0.15) is 6.04 Å². The number of rotatable bonds is 6. The molecule has 170 valence electrons. The van der Waals surface area contributed by atoms with Gasteiger partial charge in [-0.1, -0.05) is 48.5 Å². The van der Waals surface area contributed by atoms with E-state index >= 15 is 0 Å². The molecule has 3 aromatic rings. The summed E-state index contributed by atoms with van der Waals surface area (Å²) in [6, 6.07) is 22.2. The number of piperazine rings is 1. The molecule has 1 unspecified atom stereocenters. The standard InChI is InChI=1S/C26H28N4O3/c1-19-11-12-20(2)24(17-19)27-26(31)25(21-7-4-3-5-8-21)29-15-13-28(14-16-29)22-9-6-10-23(18-22)30(32)33/h3-12,17-18,25H,13-16H2,1-2H3,(H,27,31). The normalized spacial score (nSPS) is 15.2. The van der Waals surface area contributed by atoms with Gasteiger partial charge >= 0.3 is 0 Å². The molecule has 3 aromatic carbocycles. The Bertz CT molecular complexity index is 1140. The molecule has 0 aliphatic carbocycles. The molecule has 1 aliphatic heterocycles. The lowest BCUT2D eigenvalue weighted by molar-refractivity contribution is -0.384. The monoisotopic (exact) mass is 444 g/mol. The Balaban J connectivity index is 1.53. The fourth-order valence-electron chi connectivity index (χ4n) is 4.28. The van der Waals surface area contributed by atoms with Crippen LogP contribution in [0.15, 0.2) is 72.8 Å². The zero-order valence-electron chi connectivity index (χ0n) is 18.9.